The molecule has 1 N–H and O–H groups in total. The first-order chi connectivity index (χ1) is 11.0. The molecule has 0 fully saturated rings. The summed E-state index contributed by atoms with van der Waals surface area (Å²) in [5.74, 6) is 0.0172. The number of amides is 1. The molecule has 0 bridgehead atoms. The number of methoxy groups -OCH3 is 1. The van der Waals surface area contributed by atoms with Crippen molar-refractivity contribution in [3.8, 4) is 5.75 Å². The topological polar surface area (TPSA) is 93.8 Å². The summed E-state index contributed by atoms with van der Waals surface area (Å²) in [5.41, 5.74) is 2.71. The summed E-state index contributed by atoms with van der Waals surface area (Å²) in [5, 5.41) is 14.6. The summed E-state index contributed by atoms with van der Waals surface area (Å²) in [6.07, 6.45) is 1.42. The number of nitrogens with one attached hydrogen (secondary N) is 1. The van der Waals surface area contributed by atoms with Crippen molar-refractivity contribution in [2.75, 3.05) is 7.11 Å². The molecular formula is C15H12ClN3O4. The van der Waals surface area contributed by atoms with Crippen molar-refractivity contribution in [3.05, 3.63) is 68.7 Å². The minimum absolute atomic E-state index is 0.0379. The van der Waals surface area contributed by atoms with Gasteiger partial charge in [-0.2, -0.15) is 5.10 Å². The third kappa shape index (κ3) is 4.04. The summed E-state index contributed by atoms with van der Waals surface area (Å²) in [6.45, 7) is 0. The maximum atomic E-state index is 12.0. The van der Waals surface area contributed by atoms with Crippen LogP contribution < -0.4 is 10.2 Å². The molecule has 0 saturated carbocycles. The molecule has 23 heavy (non-hydrogen) atoms. The number of carbonyl (C=O) groups excluding carboxylic acids is 1. The number of hydrogen-bond acceptors (Lipinski definition) is 5. The van der Waals surface area contributed by atoms with Crippen molar-refractivity contribution in [2.45, 2.75) is 0 Å². The summed E-state index contributed by atoms with van der Waals surface area (Å²) in [4.78, 5) is 22.1. The number of ether oxygens (including phenoxy) is 1. The number of para-hydroxylation sites is 1. The Morgan fingerprint density at radius 1 is 1.35 bits per heavy atom. The van der Waals surface area contributed by atoms with E-state index in [1.54, 1.807) is 18.2 Å². The molecule has 118 valence electrons. The van der Waals surface area contributed by atoms with Crippen LogP contribution in [-0.4, -0.2) is 24.2 Å². The fourth-order valence-corrected chi connectivity index (χ4v) is 1.98. The Balaban J connectivity index is 2.12. The minimum atomic E-state index is -0.656. The number of hydrazone groups is 1. The smallest absolute Gasteiger partial charge is 0.288 e. The third-order valence-corrected chi connectivity index (χ3v) is 3.23. The normalized spacial score (nSPS) is 10.5. The van der Waals surface area contributed by atoms with Crippen LogP contribution in [0.25, 0.3) is 0 Å². The average Bonchev–Trinajstić information content (AvgIpc) is 2.55. The quantitative estimate of drug-likeness (QED) is 0.517. The van der Waals surface area contributed by atoms with Crippen LogP contribution in [0.3, 0.4) is 0 Å². The Bertz CT molecular complexity index is 777. The molecule has 2 aromatic carbocycles. The molecule has 0 aliphatic rings. The second-order valence-electron chi connectivity index (χ2n) is 4.36. The molecule has 0 saturated heterocycles. The molecule has 0 aliphatic carbocycles. The second kappa shape index (κ2) is 7.37. The van der Waals surface area contributed by atoms with E-state index in [2.05, 4.69) is 10.5 Å². The molecule has 0 unspecified atom stereocenters. The van der Waals surface area contributed by atoms with Crippen LogP contribution in [0.4, 0.5) is 5.69 Å². The first kappa shape index (κ1) is 16.4. The van der Waals surface area contributed by atoms with Crippen LogP contribution in [0.15, 0.2) is 47.6 Å². The predicted octanol–water partition coefficient (Wildman–Crippen LogP) is 3.02. The van der Waals surface area contributed by atoms with Crippen molar-refractivity contribution in [1.82, 2.24) is 5.43 Å². The van der Waals surface area contributed by atoms with Gasteiger partial charge in [-0.25, -0.2) is 5.43 Å². The summed E-state index contributed by atoms with van der Waals surface area (Å²) in [7, 11) is 1.53. The minimum Gasteiger partial charge on any atom is -0.496 e. The Morgan fingerprint density at radius 3 is 2.78 bits per heavy atom. The molecule has 1 amide bonds. The predicted molar refractivity (Wildman–Crippen MR) is 86.2 cm³/mol. The first-order valence-corrected chi connectivity index (χ1v) is 6.81. The Kier molecular flexibility index (Phi) is 5.27. The number of carbonyl (C=O) groups is 1. The van der Waals surface area contributed by atoms with E-state index in [1.165, 1.54) is 25.5 Å². The lowest BCUT2D eigenvalue weighted by Crippen LogP contribution is -2.17. The van der Waals surface area contributed by atoms with Gasteiger partial charge in [-0.3, -0.25) is 14.9 Å². The van der Waals surface area contributed by atoms with Gasteiger partial charge < -0.3 is 4.74 Å². The van der Waals surface area contributed by atoms with Crippen LogP contribution in [0.2, 0.25) is 5.02 Å². The van der Waals surface area contributed by atoms with E-state index in [0.717, 1.165) is 6.07 Å². The Hall–Kier alpha value is -2.93. The Labute approximate surface area is 136 Å². The zero-order valence-corrected chi connectivity index (χ0v) is 12.8. The second-order valence-corrected chi connectivity index (χ2v) is 4.77. The molecule has 7 nitrogen and oxygen atoms in total. The molecule has 8 heteroatoms. The highest BCUT2D eigenvalue weighted by Gasteiger charge is 2.15. The van der Waals surface area contributed by atoms with Crippen molar-refractivity contribution >= 4 is 29.4 Å². The first-order valence-electron chi connectivity index (χ1n) is 6.43. The number of benzene rings is 2. The van der Waals surface area contributed by atoms with Gasteiger partial charge in [-0.05, 0) is 24.3 Å². The average molecular weight is 334 g/mol. The maximum Gasteiger partial charge on any atom is 0.288 e. The molecule has 0 radical (unpaired) electrons. The highest BCUT2D eigenvalue weighted by atomic mass is 35.5. The highest BCUT2D eigenvalue weighted by molar-refractivity contribution is 6.32. The van der Waals surface area contributed by atoms with E-state index in [4.69, 9.17) is 16.3 Å². The van der Waals surface area contributed by atoms with Gasteiger partial charge in [0.25, 0.3) is 11.6 Å². The van der Waals surface area contributed by atoms with E-state index < -0.39 is 10.8 Å². The SMILES string of the molecule is COc1ccccc1C=NNC(=O)c1ccc(Cl)c([N+](=O)[O-])c1. The zero-order chi connectivity index (χ0) is 16.8. The van der Waals surface area contributed by atoms with Gasteiger partial charge in [-0.15, -0.1) is 0 Å². The maximum absolute atomic E-state index is 12.0. The lowest BCUT2D eigenvalue weighted by atomic mass is 10.2. The lowest BCUT2D eigenvalue weighted by Gasteiger charge is -2.03. The molecule has 0 aliphatic heterocycles. The third-order valence-electron chi connectivity index (χ3n) is 2.91. The van der Waals surface area contributed by atoms with Gasteiger partial charge in [0.05, 0.1) is 18.2 Å². The van der Waals surface area contributed by atoms with Gasteiger partial charge in [0.15, 0.2) is 0 Å². The van der Waals surface area contributed by atoms with Gasteiger partial charge in [-0.1, -0.05) is 23.7 Å². The van der Waals surface area contributed by atoms with Crippen LogP contribution in [0, 0.1) is 10.1 Å². The number of nitrogens with zero attached hydrogens (tertiary/aromatic N) is 2. The highest BCUT2D eigenvalue weighted by Crippen LogP contribution is 2.25. The van der Waals surface area contributed by atoms with Crippen molar-refractivity contribution in [3.63, 3.8) is 0 Å². The summed E-state index contributed by atoms with van der Waals surface area (Å²) in [6, 6.07) is 10.9. The number of hydrogen-bond donors (Lipinski definition) is 1. The monoisotopic (exact) mass is 333 g/mol. The van der Waals surface area contributed by atoms with Crippen molar-refractivity contribution in [2.24, 2.45) is 5.10 Å². The summed E-state index contributed by atoms with van der Waals surface area (Å²) >= 11 is 5.70. The molecule has 0 spiro atoms. The fraction of sp³-hybridized carbons (Fsp3) is 0.0667. The Morgan fingerprint density at radius 2 is 2.09 bits per heavy atom. The van der Waals surface area contributed by atoms with Gasteiger partial charge in [0, 0.05) is 17.2 Å². The van der Waals surface area contributed by atoms with E-state index in [0.29, 0.717) is 11.3 Å². The molecule has 0 heterocycles. The largest absolute Gasteiger partial charge is 0.496 e. The van der Waals surface area contributed by atoms with Crippen LogP contribution in [0.5, 0.6) is 5.75 Å². The van der Waals surface area contributed by atoms with Crippen LogP contribution >= 0.6 is 11.6 Å². The van der Waals surface area contributed by atoms with Gasteiger partial charge in [0.2, 0.25) is 0 Å². The van der Waals surface area contributed by atoms with Crippen molar-refractivity contribution in [1.29, 1.82) is 0 Å². The van der Waals surface area contributed by atoms with E-state index in [1.807, 2.05) is 6.07 Å². The number of rotatable bonds is 5. The molecule has 2 rings (SSSR count). The lowest BCUT2D eigenvalue weighted by molar-refractivity contribution is -0.384. The molecule has 2 aromatic rings. The van der Waals surface area contributed by atoms with E-state index in [9.17, 15) is 14.9 Å². The zero-order valence-electron chi connectivity index (χ0n) is 12.0. The standard InChI is InChI=1S/C15H12ClN3O4/c1-23-14-5-3-2-4-11(14)9-17-18-15(20)10-6-7-12(16)13(8-10)19(21)22/h2-9H,1H3,(H,18,20). The molecular weight excluding hydrogens is 322 g/mol. The molecule has 0 atom stereocenters. The number of nitro groups is 1. The van der Waals surface area contributed by atoms with E-state index >= 15 is 0 Å². The number of halogens is 1. The van der Waals surface area contributed by atoms with Gasteiger partial charge in [0.1, 0.15) is 10.8 Å². The number of nitro benzene ring substituents is 1. The molecule has 0 aromatic heterocycles. The summed E-state index contributed by atoms with van der Waals surface area (Å²) < 4.78 is 5.15. The van der Waals surface area contributed by atoms with E-state index in [-0.39, 0.29) is 16.3 Å². The van der Waals surface area contributed by atoms with Crippen LogP contribution in [-0.2, 0) is 0 Å². The van der Waals surface area contributed by atoms with Crippen LogP contribution in [0.1, 0.15) is 15.9 Å². The van der Waals surface area contributed by atoms with Gasteiger partial charge >= 0.3 is 0 Å². The fourth-order valence-electron chi connectivity index (χ4n) is 1.79. The van der Waals surface area contributed by atoms with Crippen molar-refractivity contribution < 1.29 is 14.5 Å².